The van der Waals surface area contributed by atoms with E-state index in [4.69, 9.17) is 0 Å². The van der Waals surface area contributed by atoms with E-state index in [1.807, 2.05) is 19.1 Å². The average Bonchev–Trinajstić information content (AvgIpc) is 2.36. The molecule has 0 saturated carbocycles. The maximum Gasteiger partial charge on any atom is 0.146 e. The third kappa shape index (κ3) is 4.35. The monoisotopic (exact) mass is 238 g/mol. The fraction of sp³-hybridized carbons (Fsp3) is 0.571. The predicted octanol–water partition coefficient (Wildman–Crippen LogP) is 3.14. The van der Waals surface area contributed by atoms with Crippen LogP contribution in [0.4, 0.5) is 10.1 Å². The zero-order valence-corrected chi connectivity index (χ0v) is 11.1. The van der Waals surface area contributed by atoms with Crippen molar-refractivity contribution < 1.29 is 4.39 Å². The van der Waals surface area contributed by atoms with Crippen LogP contribution in [0.2, 0.25) is 0 Å². The summed E-state index contributed by atoms with van der Waals surface area (Å²) in [5.41, 5.74) is 1.64. The van der Waals surface area contributed by atoms with Crippen molar-refractivity contribution in [1.29, 1.82) is 0 Å². The molecule has 0 aliphatic rings. The molecule has 0 atom stereocenters. The second kappa shape index (κ2) is 7.28. The minimum Gasteiger partial charge on any atom is -0.381 e. The van der Waals surface area contributed by atoms with E-state index < -0.39 is 0 Å². The summed E-state index contributed by atoms with van der Waals surface area (Å²) in [6, 6.07) is 5.42. The second-order valence-corrected chi connectivity index (χ2v) is 4.12. The third-order valence-electron chi connectivity index (χ3n) is 3.08. The van der Waals surface area contributed by atoms with Gasteiger partial charge in [0.15, 0.2) is 0 Å². The van der Waals surface area contributed by atoms with E-state index in [2.05, 4.69) is 24.1 Å². The van der Waals surface area contributed by atoms with Gasteiger partial charge in [0.1, 0.15) is 5.82 Å². The van der Waals surface area contributed by atoms with E-state index in [-0.39, 0.29) is 5.82 Å². The molecule has 0 fully saturated rings. The Balaban J connectivity index is 2.46. The molecule has 2 nitrogen and oxygen atoms in total. The first kappa shape index (κ1) is 14.0. The standard InChI is InChI=1S/C14H23FN2/c1-4-12-7-8-14(13(15)11-12)16-9-10-17(5-2)6-3/h7-8,11,16H,4-6,9-10H2,1-3H3. The highest BCUT2D eigenvalue weighted by Gasteiger charge is 2.03. The predicted molar refractivity (Wildman–Crippen MR) is 72.1 cm³/mol. The quantitative estimate of drug-likeness (QED) is 0.785. The smallest absolute Gasteiger partial charge is 0.146 e. The molecule has 0 aliphatic heterocycles. The van der Waals surface area contributed by atoms with E-state index in [0.717, 1.165) is 38.2 Å². The molecule has 1 N–H and O–H groups in total. The highest BCUT2D eigenvalue weighted by molar-refractivity contribution is 5.46. The van der Waals surface area contributed by atoms with Gasteiger partial charge in [0.25, 0.3) is 0 Å². The topological polar surface area (TPSA) is 15.3 Å². The van der Waals surface area contributed by atoms with Crippen LogP contribution < -0.4 is 5.32 Å². The summed E-state index contributed by atoms with van der Waals surface area (Å²) in [6.45, 7) is 10.1. The lowest BCUT2D eigenvalue weighted by molar-refractivity contribution is 0.316. The van der Waals surface area contributed by atoms with Gasteiger partial charge >= 0.3 is 0 Å². The summed E-state index contributed by atoms with van der Waals surface area (Å²) in [5.74, 6) is -0.149. The van der Waals surface area contributed by atoms with Crippen molar-refractivity contribution in [3.8, 4) is 0 Å². The molecule has 1 rings (SSSR count). The Morgan fingerprint density at radius 1 is 1.18 bits per heavy atom. The average molecular weight is 238 g/mol. The number of nitrogens with one attached hydrogen (secondary N) is 1. The summed E-state index contributed by atoms with van der Waals surface area (Å²) in [4.78, 5) is 2.31. The number of benzene rings is 1. The van der Waals surface area contributed by atoms with Crippen molar-refractivity contribution in [3.63, 3.8) is 0 Å². The van der Waals surface area contributed by atoms with Crippen molar-refractivity contribution in [2.24, 2.45) is 0 Å². The van der Waals surface area contributed by atoms with Crippen LogP contribution in [0.5, 0.6) is 0 Å². The molecular formula is C14H23FN2. The lowest BCUT2D eigenvalue weighted by Crippen LogP contribution is -2.28. The highest BCUT2D eigenvalue weighted by Crippen LogP contribution is 2.15. The van der Waals surface area contributed by atoms with Crippen molar-refractivity contribution in [2.45, 2.75) is 27.2 Å². The van der Waals surface area contributed by atoms with Gasteiger partial charge in [-0.05, 0) is 37.2 Å². The fourth-order valence-electron chi connectivity index (χ4n) is 1.81. The Labute approximate surface area is 104 Å². The largest absolute Gasteiger partial charge is 0.381 e. The van der Waals surface area contributed by atoms with E-state index in [9.17, 15) is 4.39 Å². The van der Waals surface area contributed by atoms with Crippen LogP contribution in [0.25, 0.3) is 0 Å². The van der Waals surface area contributed by atoms with Crippen molar-refractivity contribution in [3.05, 3.63) is 29.6 Å². The van der Waals surface area contributed by atoms with Crippen LogP contribution >= 0.6 is 0 Å². The van der Waals surface area contributed by atoms with E-state index in [1.165, 1.54) is 0 Å². The Morgan fingerprint density at radius 3 is 2.41 bits per heavy atom. The molecule has 0 unspecified atom stereocenters. The van der Waals surface area contributed by atoms with Gasteiger partial charge < -0.3 is 10.2 Å². The summed E-state index contributed by atoms with van der Waals surface area (Å²) >= 11 is 0. The van der Waals surface area contributed by atoms with E-state index in [1.54, 1.807) is 6.07 Å². The lowest BCUT2D eigenvalue weighted by atomic mass is 10.1. The number of hydrogen-bond acceptors (Lipinski definition) is 2. The van der Waals surface area contributed by atoms with Gasteiger partial charge in [0.05, 0.1) is 5.69 Å². The Morgan fingerprint density at radius 2 is 1.88 bits per heavy atom. The molecule has 0 bridgehead atoms. The number of anilines is 1. The van der Waals surface area contributed by atoms with Gasteiger partial charge in [-0.3, -0.25) is 0 Å². The van der Waals surface area contributed by atoms with Crippen LogP contribution in [-0.4, -0.2) is 31.1 Å². The SMILES string of the molecule is CCc1ccc(NCCN(CC)CC)c(F)c1. The normalized spacial score (nSPS) is 10.9. The molecule has 96 valence electrons. The molecule has 0 aromatic heterocycles. The maximum atomic E-state index is 13.6. The summed E-state index contributed by atoms with van der Waals surface area (Å²) < 4.78 is 13.6. The molecule has 1 aromatic carbocycles. The van der Waals surface area contributed by atoms with Gasteiger partial charge in [-0.2, -0.15) is 0 Å². The number of nitrogens with zero attached hydrogens (tertiary/aromatic N) is 1. The summed E-state index contributed by atoms with van der Waals surface area (Å²) in [5, 5.41) is 3.15. The van der Waals surface area contributed by atoms with Crippen LogP contribution in [0, 0.1) is 5.82 Å². The van der Waals surface area contributed by atoms with Crippen LogP contribution in [0.1, 0.15) is 26.3 Å². The molecule has 0 heterocycles. The number of hydrogen-bond donors (Lipinski definition) is 1. The second-order valence-electron chi connectivity index (χ2n) is 4.12. The first-order valence-electron chi connectivity index (χ1n) is 6.45. The molecule has 0 saturated heterocycles. The third-order valence-corrected chi connectivity index (χ3v) is 3.08. The zero-order valence-electron chi connectivity index (χ0n) is 11.1. The number of rotatable bonds is 7. The first-order valence-corrected chi connectivity index (χ1v) is 6.45. The molecule has 0 amide bonds. The Hall–Kier alpha value is -1.09. The summed E-state index contributed by atoms with van der Waals surface area (Å²) in [6.07, 6.45) is 0.872. The minimum atomic E-state index is -0.149. The number of aryl methyl sites for hydroxylation is 1. The molecular weight excluding hydrogens is 215 g/mol. The van der Waals surface area contributed by atoms with E-state index in [0.29, 0.717) is 5.69 Å². The van der Waals surface area contributed by atoms with Crippen molar-refractivity contribution in [2.75, 3.05) is 31.5 Å². The zero-order chi connectivity index (χ0) is 12.7. The van der Waals surface area contributed by atoms with Crippen molar-refractivity contribution in [1.82, 2.24) is 4.90 Å². The Bertz CT molecular complexity index is 335. The van der Waals surface area contributed by atoms with Crippen LogP contribution in [-0.2, 0) is 6.42 Å². The van der Waals surface area contributed by atoms with Crippen molar-refractivity contribution >= 4 is 5.69 Å². The van der Waals surface area contributed by atoms with Gasteiger partial charge in [0.2, 0.25) is 0 Å². The fourth-order valence-corrected chi connectivity index (χ4v) is 1.81. The Kier molecular flexibility index (Phi) is 5.98. The number of halogens is 1. The van der Waals surface area contributed by atoms with Gasteiger partial charge in [-0.15, -0.1) is 0 Å². The summed E-state index contributed by atoms with van der Waals surface area (Å²) in [7, 11) is 0. The van der Waals surface area contributed by atoms with Gasteiger partial charge in [0, 0.05) is 13.1 Å². The van der Waals surface area contributed by atoms with Gasteiger partial charge in [-0.25, -0.2) is 4.39 Å². The molecule has 1 aromatic rings. The highest BCUT2D eigenvalue weighted by atomic mass is 19.1. The molecule has 0 spiro atoms. The molecule has 17 heavy (non-hydrogen) atoms. The van der Waals surface area contributed by atoms with Crippen LogP contribution in [0.15, 0.2) is 18.2 Å². The number of likely N-dealkylation sites (N-methyl/N-ethyl adjacent to an activating group) is 1. The molecule has 3 heteroatoms. The first-order chi connectivity index (χ1) is 8.21. The minimum absolute atomic E-state index is 0.149. The van der Waals surface area contributed by atoms with Gasteiger partial charge in [-0.1, -0.05) is 26.8 Å². The van der Waals surface area contributed by atoms with E-state index >= 15 is 0 Å². The lowest BCUT2D eigenvalue weighted by Gasteiger charge is -2.18. The molecule has 0 aliphatic carbocycles. The van der Waals surface area contributed by atoms with Crippen LogP contribution in [0.3, 0.4) is 0 Å². The maximum absolute atomic E-state index is 13.6. The molecule has 0 radical (unpaired) electrons.